The van der Waals surface area contributed by atoms with E-state index < -0.39 is 0 Å². The molecule has 0 amide bonds. The van der Waals surface area contributed by atoms with E-state index in [1.54, 1.807) is 0 Å². The molecule has 5 heteroatoms. The Morgan fingerprint density at radius 2 is 2.00 bits per heavy atom. The minimum atomic E-state index is -0.318. The molecule has 0 radical (unpaired) electrons. The van der Waals surface area contributed by atoms with E-state index in [1.807, 2.05) is 6.92 Å². The fraction of sp³-hybridized carbons (Fsp3) is 0.636. The Bertz CT molecular complexity index is 716. The maximum atomic E-state index is 12.1. The summed E-state index contributed by atoms with van der Waals surface area (Å²) >= 11 is 0. The summed E-state index contributed by atoms with van der Waals surface area (Å²) in [6, 6.07) is 0. The number of rotatable bonds is 1. The first-order chi connectivity index (χ1) is 12.7. The number of carbonyl (C=O) groups is 2. The summed E-state index contributed by atoms with van der Waals surface area (Å²) in [6.07, 6.45) is 6.40. The maximum absolute atomic E-state index is 12.1. The highest BCUT2D eigenvalue weighted by molar-refractivity contribution is 5.92. The van der Waals surface area contributed by atoms with E-state index in [4.69, 9.17) is 14.2 Å². The highest BCUT2D eigenvalue weighted by atomic mass is 16.6. The SMILES string of the molecule is C=C1CCC2=C(C)C(=O)O[C@H]2/C=C(\C)CC[C@H]2O[C@]2(C)CC[C@@H]1OC(C)=O. The van der Waals surface area contributed by atoms with E-state index in [2.05, 4.69) is 26.5 Å². The summed E-state index contributed by atoms with van der Waals surface area (Å²) in [5.74, 6) is -0.546. The lowest BCUT2D eigenvalue weighted by atomic mass is 9.90. The summed E-state index contributed by atoms with van der Waals surface area (Å²) in [6.45, 7) is 11.6. The van der Waals surface area contributed by atoms with Crippen LogP contribution < -0.4 is 0 Å². The number of allylic oxidation sites excluding steroid dienone is 1. The lowest BCUT2D eigenvalue weighted by Crippen LogP contribution is -2.22. The second-order valence-corrected chi connectivity index (χ2v) is 8.24. The predicted molar refractivity (Wildman–Crippen MR) is 102 cm³/mol. The van der Waals surface area contributed by atoms with Gasteiger partial charge in [0.05, 0.1) is 11.7 Å². The molecular weight excluding hydrogens is 344 g/mol. The molecule has 0 N–H and O–H groups in total. The van der Waals surface area contributed by atoms with Gasteiger partial charge in [-0.2, -0.15) is 0 Å². The molecule has 1 saturated heterocycles. The maximum Gasteiger partial charge on any atom is 0.334 e. The summed E-state index contributed by atoms with van der Waals surface area (Å²) in [5, 5.41) is 0. The molecule has 0 unspecified atom stereocenters. The van der Waals surface area contributed by atoms with Crippen molar-refractivity contribution in [2.45, 2.75) is 90.1 Å². The van der Waals surface area contributed by atoms with Gasteiger partial charge < -0.3 is 14.2 Å². The molecule has 0 aromatic heterocycles. The molecule has 1 aliphatic carbocycles. The van der Waals surface area contributed by atoms with Gasteiger partial charge in [0, 0.05) is 12.5 Å². The van der Waals surface area contributed by atoms with Crippen LogP contribution >= 0.6 is 0 Å². The minimum absolute atomic E-state index is 0.148. The van der Waals surface area contributed by atoms with Crippen LogP contribution in [0.15, 0.2) is 34.9 Å². The summed E-state index contributed by atoms with van der Waals surface area (Å²) in [7, 11) is 0. The van der Waals surface area contributed by atoms with Gasteiger partial charge in [-0.05, 0) is 76.5 Å². The average molecular weight is 374 g/mol. The van der Waals surface area contributed by atoms with Gasteiger partial charge in [-0.25, -0.2) is 4.79 Å². The van der Waals surface area contributed by atoms with E-state index >= 15 is 0 Å². The monoisotopic (exact) mass is 374 g/mol. The second kappa shape index (κ2) is 7.63. The number of hydrogen-bond donors (Lipinski definition) is 0. The van der Waals surface area contributed by atoms with E-state index in [9.17, 15) is 9.59 Å². The number of fused-ring (bicyclic) bond motifs is 2. The van der Waals surface area contributed by atoms with Crippen LogP contribution in [0.3, 0.4) is 0 Å². The third-order valence-corrected chi connectivity index (χ3v) is 6.02. The molecule has 0 spiro atoms. The summed E-state index contributed by atoms with van der Waals surface area (Å²) in [5.41, 5.74) is 3.64. The van der Waals surface area contributed by atoms with Gasteiger partial charge in [0.2, 0.25) is 0 Å². The molecule has 3 rings (SSSR count). The van der Waals surface area contributed by atoms with Crippen LogP contribution in [-0.4, -0.2) is 35.9 Å². The minimum Gasteiger partial charge on any atom is -0.458 e. The van der Waals surface area contributed by atoms with Gasteiger partial charge in [0.1, 0.15) is 12.2 Å². The molecule has 0 aromatic rings. The molecule has 27 heavy (non-hydrogen) atoms. The van der Waals surface area contributed by atoms with Crippen LogP contribution in [0.2, 0.25) is 0 Å². The van der Waals surface area contributed by atoms with Crippen molar-refractivity contribution in [2.75, 3.05) is 0 Å². The van der Waals surface area contributed by atoms with Crippen LogP contribution in [0, 0.1) is 0 Å². The molecule has 2 aliphatic heterocycles. The first-order valence-electron chi connectivity index (χ1n) is 9.80. The standard InChI is InChI=1S/C22H30O5/c1-13-6-9-20-22(5,27-20)11-10-18(25-16(4)23)14(2)7-8-17-15(3)21(24)26-19(17)12-13/h12,18-20H,2,6-11H2,1,3-5H3/b13-12+/t18-,19-,20+,22+/m0/s1. The number of esters is 2. The van der Waals surface area contributed by atoms with Crippen molar-refractivity contribution in [1.82, 2.24) is 0 Å². The largest absolute Gasteiger partial charge is 0.458 e. The Morgan fingerprint density at radius 1 is 1.26 bits per heavy atom. The lowest BCUT2D eigenvalue weighted by Gasteiger charge is -2.22. The van der Waals surface area contributed by atoms with Gasteiger partial charge in [0.15, 0.2) is 0 Å². The molecule has 0 aromatic carbocycles. The van der Waals surface area contributed by atoms with Crippen LogP contribution in [0.5, 0.6) is 0 Å². The van der Waals surface area contributed by atoms with Crippen molar-refractivity contribution in [1.29, 1.82) is 0 Å². The van der Waals surface area contributed by atoms with Crippen LogP contribution in [0.4, 0.5) is 0 Å². The van der Waals surface area contributed by atoms with Crippen molar-refractivity contribution in [3.63, 3.8) is 0 Å². The van der Waals surface area contributed by atoms with E-state index in [0.29, 0.717) is 24.8 Å². The molecule has 0 saturated carbocycles. The summed E-state index contributed by atoms with van der Waals surface area (Å²) < 4.78 is 17.0. The Hall–Kier alpha value is -1.88. The highest BCUT2D eigenvalue weighted by Gasteiger charge is 2.51. The zero-order chi connectivity index (χ0) is 19.8. The van der Waals surface area contributed by atoms with Gasteiger partial charge in [0.25, 0.3) is 0 Å². The van der Waals surface area contributed by atoms with Gasteiger partial charge in [-0.1, -0.05) is 12.2 Å². The molecule has 3 aliphatic rings. The normalized spacial score (nSPS) is 36.7. The average Bonchev–Trinajstić information content (AvgIpc) is 3.17. The Kier molecular flexibility index (Phi) is 5.61. The Labute approximate surface area is 161 Å². The number of carbonyl (C=O) groups excluding carboxylic acids is 2. The van der Waals surface area contributed by atoms with Crippen LogP contribution in [0.25, 0.3) is 0 Å². The first kappa shape index (κ1) is 19.9. The fourth-order valence-corrected chi connectivity index (χ4v) is 4.08. The van der Waals surface area contributed by atoms with Crippen molar-refractivity contribution < 1.29 is 23.8 Å². The van der Waals surface area contributed by atoms with Crippen molar-refractivity contribution in [3.8, 4) is 0 Å². The topological polar surface area (TPSA) is 65.1 Å². The highest BCUT2D eigenvalue weighted by Crippen LogP contribution is 2.44. The Balaban J connectivity index is 1.83. The molecule has 1 fully saturated rings. The number of hydrogen-bond acceptors (Lipinski definition) is 5. The van der Waals surface area contributed by atoms with Crippen molar-refractivity contribution in [2.24, 2.45) is 0 Å². The first-order valence-corrected chi connectivity index (χ1v) is 9.80. The van der Waals surface area contributed by atoms with Crippen LogP contribution in [0.1, 0.15) is 66.2 Å². The predicted octanol–water partition coefficient (Wildman–Crippen LogP) is 4.17. The zero-order valence-electron chi connectivity index (χ0n) is 16.8. The lowest BCUT2D eigenvalue weighted by molar-refractivity contribution is -0.145. The van der Waals surface area contributed by atoms with E-state index in [1.165, 1.54) is 12.5 Å². The van der Waals surface area contributed by atoms with E-state index in [-0.39, 0.29) is 35.9 Å². The van der Waals surface area contributed by atoms with Gasteiger partial charge in [-0.3, -0.25) is 4.79 Å². The second-order valence-electron chi connectivity index (χ2n) is 8.24. The molecule has 5 nitrogen and oxygen atoms in total. The smallest absolute Gasteiger partial charge is 0.334 e. The van der Waals surface area contributed by atoms with Crippen LogP contribution in [-0.2, 0) is 23.8 Å². The van der Waals surface area contributed by atoms with E-state index in [0.717, 1.165) is 30.4 Å². The molecular formula is C22H30O5. The third-order valence-electron chi connectivity index (χ3n) is 6.02. The van der Waals surface area contributed by atoms with Gasteiger partial charge in [-0.15, -0.1) is 0 Å². The summed E-state index contributed by atoms with van der Waals surface area (Å²) in [4.78, 5) is 23.6. The third kappa shape index (κ3) is 4.52. The Morgan fingerprint density at radius 3 is 2.70 bits per heavy atom. The van der Waals surface area contributed by atoms with Crippen molar-refractivity contribution >= 4 is 11.9 Å². The molecule has 4 atom stereocenters. The van der Waals surface area contributed by atoms with Gasteiger partial charge >= 0.3 is 11.9 Å². The zero-order valence-corrected chi connectivity index (χ0v) is 16.8. The molecule has 2 heterocycles. The quantitative estimate of drug-likeness (QED) is 0.391. The molecule has 148 valence electrons. The number of ether oxygens (including phenoxy) is 3. The fourth-order valence-electron chi connectivity index (χ4n) is 4.08. The van der Waals surface area contributed by atoms with Crippen molar-refractivity contribution in [3.05, 3.63) is 34.9 Å². The number of epoxide rings is 1. The molecule has 0 bridgehead atoms.